The fourth-order valence-corrected chi connectivity index (χ4v) is 15.9. The van der Waals surface area contributed by atoms with E-state index in [0.717, 1.165) is 88.9 Å². The number of carboxylic acid groups (broad SMARTS) is 1. The number of benzene rings is 7. The monoisotopic (exact) mass is 1760 g/mol. The van der Waals surface area contributed by atoms with Gasteiger partial charge in [0, 0.05) is 70.1 Å². The number of likely N-dealkylation sites (N-methyl/N-ethyl adjacent to an activating group) is 1. The number of primary amides is 1. The van der Waals surface area contributed by atoms with Crippen molar-refractivity contribution in [3.8, 4) is 62.9 Å². The molecule has 8 aromatic rings. The molecular weight excluding hydrogens is 1670 g/mol. The molecule has 7 aliphatic rings. The molecule has 2 fully saturated rings. The number of halogens is 3. The second kappa shape index (κ2) is 37.7. The van der Waals surface area contributed by atoms with E-state index >= 15 is 14.4 Å². The molecule has 7 amide bonds. The highest BCUT2D eigenvalue weighted by Gasteiger charge is 2.52. The number of ether oxygens (including phenoxy) is 7. The Morgan fingerprint density at radius 3 is 2.01 bits per heavy atom. The second-order valence-electron chi connectivity index (χ2n) is 30.9. The number of rotatable bonds is 21. The predicted molar refractivity (Wildman–Crippen MR) is 439 cm³/mol. The normalized spacial score (nSPS) is 26.2. The molecule has 7 aromatic carbocycles. The number of carbonyl (C=O) groups excluding carboxylic acids is 7. The molecule has 0 unspecified atom stereocenters. The molecule has 0 spiro atoms. The number of carboxylic acids is 1. The summed E-state index contributed by atoms with van der Waals surface area (Å²) >= 11 is 20.5. The molecule has 21 N–H and O–H groups in total. The van der Waals surface area contributed by atoms with Crippen LogP contribution in [0.1, 0.15) is 111 Å². The first-order valence-electron chi connectivity index (χ1n) is 39.0. The predicted octanol–water partition coefficient (Wildman–Crippen LogP) is 4.63. The molecular formula is C84H90Cl3N11O25. The number of nitrogens with two attached hydrogens (primary N) is 1. The zero-order valence-electron chi connectivity index (χ0n) is 66.3. The van der Waals surface area contributed by atoms with Gasteiger partial charge in [-0.3, -0.25) is 38.5 Å². The summed E-state index contributed by atoms with van der Waals surface area (Å²) in [4.78, 5) is 123. The van der Waals surface area contributed by atoms with Crippen LogP contribution < -0.4 is 72.5 Å². The van der Waals surface area contributed by atoms with Gasteiger partial charge < -0.3 is 138 Å². The quantitative estimate of drug-likeness (QED) is 0.0436. The summed E-state index contributed by atoms with van der Waals surface area (Å²) in [7, 11) is 1.47. The molecule has 15 rings (SSSR count). The lowest BCUT2D eigenvalue weighted by molar-refractivity contribution is -0.334. The number of hydrogen-bond acceptors (Lipinski definition) is 28. The van der Waals surface area contributed by atoms with Crippen LogP contribution in [0.25, 0.3) is 22.0 Å². The van der Waals surface area contributed by atoms with E-state index in [0.29, 0.717) is 23.9 Å². The highest BCUT2D eigenvalue weighted by molar-refractivity contribution is 6.32. The maximum absolute atomic E-state index is 16.2. The summed E-state index contributed by atoms with van der Waals surface area (Å²) in [5.41, 5.74) is 3.97. The fraction of sp³-hybridized carbons (Fsp3) is 0.369. The SMILES string of the molecule is CN[C@H](CC(C)C)C(=O)N[C@H]1C(=O)N[C@@H](CC(N)=O)C(=O)N[C@H]2C(=O)N[C@H]3C(=O)N[C@H](C(=O)N[C@H](C(=O)O)c4cc(O)cc(O)c4-c4cc3ccc4O)[C@H](O)c3ccc(c(Cl)c3)Oc3cc2cc(c3O[C@@H]2O[C@H](CO)[C@@H](O)[C@H](O)[C@H]2O[C@H]2C[C@](C)(NCc3ccc(OCCNc4ccnc5cc(Cl)ccc45)cc3)[C@H](O)[C@H](C)O2)Oc2ccc(cc2Cl)[C@H]1O. The molecule has 652 valence electrons. The minimum Gasteiger partial charge on any atom is -0.508 e. The average molecular weight is 1760 g/mol. The Morgan fingerprint density at radius 1 is 0.699 bits per heavy atom. The fourth-order valence-electron chi connectivity index (χ4n) is 15.3. The van der Waals surface area contributed by atoms with Crippen molar-refractivity contribution < 1.29 is 123 Å². The van der Waals surface area contributed by atoms with Gasteiger partial charge in [0.25, 0.3) is 0 Å². The molecule has 8 heterocycles. The van der Waals surface area contributed by atoms with E-state index < -0.39 is 237 Å². The molecule has 7 aliphatic heterocycles. The van der Waals surface area contributed by atoms with E-state index in [-0.39, 0.29) is 52.8 Å². The average Bonchev–Trinajstić information content (AvgIpc) is 0.766. The maximum Gasteiger partial charge on any atom is 0.330 e. The first kappa shape index (κ1) is 89.3. The second-order valence-corrected chi connectivity index (χ2v) is 32.2. The molecule has 11 bridgehead atoms. The maximum atomic E-state index is 16.2. The Labute approximate surface area is 716 Å². The van der Waals surface area contributed by atoms with Gasteiger partial charge in [-0.25, -0.2) is 4.79 Å². The summed E-state index contributed by atoms with van der Waals surface area (Å²) in [6.45, 7) is 6.82. The first-order chi connectivity index (χ1) is 58.6. The Balaban J connectivity index is 0.922. The molecule has 0 radical (unpaired) electrons. The van der Waals surface area contributed by atoms with Gasteiger partial charge in [-0.05, 0) is 152 Å². The third-order valence-corrected chi connectivity index (χ3v) is 22.6. The van der Waals surface area contributed by atoms with Crippen LogP contribution in [0.4, 0.5) is 5.69 Å². The van der Waals surface area contributed by atoms with Crippen LogP contribution in [0.3, 0.4) is 0 Å². The van der Waals surface area contributed by atoms with Gasteiger partial charge in [-0.15, -0.1) is 0 Å². The lowest BCUT2D eigenvalue weighted by Crippen LogP contribution is -2.65. The third kappa shape index (κ3) is 19.8. The zero-order valence-corrected chi connectivity index (χ0v) is 68.6. The standard InChI is InChI=1S/C84H90Cl3N11O25/c1-35(2)22-52(89-5)76(109)97-67-69(104)39-9-16-56(48(86)24-39)119-58-26-41-27-59(73(58)123-83-74(72(107)71(106)60(34-99)121-83)122-62-32-84(4,75(108)36(3)118-62)92-33-37-6-12-44(13-7-37)117-21-20-91-50-18-19-90-51-28-42(85)11-14-45(50)51)120-57-17-10-40(25-49(57)87)70(105)68-81(114)96-66(82(115)116)47-29-43(100)30-55(102)63(47)46-23-38(8-15-54(46)101)64(78(111)98-68)95-79(112)65(41)94-77(110)53(31-61(88)103)93-80(67)113/h6-19,23-30,35-36,52-53,60,62,64-72,74-75,83,89,92,99-102,104-108H,20-22,31-34H2,1-5H3,(H2,88,103)(H,90,91)(H,93,113)(H,94,110)(H,95,112)(H,96,114)(H,97,109)(H,98,111)(H,115,116)/t36-,52+,53-,60+,62-,64+,65+,66-,67+,68-,69+,70+,71+,72-,74+,75+,83-,84-/m0/s1. The number of anilines is 1. The molecule has 0 aliphatic carbocycles. The number of aromatic hydroxyl groups is 3. The van der Waals surface area contributed by atoms with Crippen LogP contribution in [0.5, 0.6) is 51.7 Å². The van der Waals surface area contributed by atoms with Crippen LogP contribution in [-0.4, -0.2) is 209 Å². The van der Waals surface area contributed by atoms with E-state index in [4.69, 9.17) is 73.7 Å². The number of nitrogens with one attached hydrogen (secondary N) is 9. The largest absolute Gasteiger partial charge is 0.508 e. The summed E-state index contributed by atoms with van der Waals surface area (Å²) in [6, 6.07) is 13.8. The number of phenols is 3. The minimum atomic E-state index is -2.37. The number of nitrogens with zero attached hydrogens (tertiary/aromatic N) is 1. The lowest BCUT2D eigenvalue weighted by Gasteiger charge is -2.48. The van der Waals surface area contributed by atoms with Gasteiger partial charge in [0.15, 0.2) is 29.9 Å². The summed E-state index contributed by atoms with van der Waals surface area (Å²) in [5.74, 6) is -15.6. The Kier molecular flexibility index (Phi) is 27.4. The highest BCUT2D eigenvalue weighted by Crippen LogP contribution is 2.50. The number of aliphatic hydroxyl groups excluding tert-OH is 6. The molecule has 2 saturated heterocycles. The number of fused-ring (bicyclic) bond motifs is 16. The number of hydrogen-bond donors (Lipinski definition) is 20. The third-order valence-electron chi connectivity index (χ3n) is 21.7. The molecule has 0 saturated carbocycles. The van der Waals surface area contributed by atoms with Crippen molar-refractivity contribution in [1.29, 1.82) is 0 Å². The summed E-state index contributed by atoms with van der Waals surface area (Å²) < 4.78 is 45.6. The van der Waals surface area contributed by atoms with Crippen LogP contribution >= 0.6 is 34.8 Å². The topological polar surface area (TPSA) is 551 Å². The highest BCUT2D eigenvalue weighted by atomic mass is 35.5. The van der Waals surface area contributed by atoms with E-state index in [2.05, 4.69) is 52.8 Å². The Hall–Kier alpha value is -11.5. The van der Waals surface area contributed by atoms with Crippen molar-refractivity contribution in [1.82, 2.24) is 47.5 Å². The van der Waals surface area contributed by atoms with Gasteiger partial charge in [0.1, 0.15) is 102 Å². The number of carbonyl (C=O) groups is 8. The van der Waals surface area contributed by atoms with Crippen molar-refractivity contribution in [2.45, 2.75) is 163 Å². The number of aliphatic hydroxyl groups is 6. The van der Waals surface area contributed by atoms with Crippen molar-refractivity contribution in [2.24, 2.45) is 11.7 Å². The molecule has 1 aromatic heterocycles. The van der Waals surface area contributed by atoms with Crippen LogP contribution in [-0.2, 0) is 59.1 Å². The van der Waals surface area contributed by atoms with Gasteiger partial charge in [-0.1, -0.05) is 79.0 Å². The molecule has 39 heteroatoms. The van der Waals surface area contributed by atoms with Gasteiger partial charge in [0.05, 0.1) is 46.8 Å². The van der Waals surface area contributed by atoms with E-state index in [1.807, 2.05) is 38.1 Å². The zero-order chi connectivity index (χ0) is 88.3. The molecule has 36 nitrogen and oxygen atoms in total. The molecule has 18 atom stereocenters. The summed E-state index contributed by atoms with van der Waals surface area (Å²) in [6.07, 6.45) is -17.2. The Morgan fingerprint density at radius 2 is 1.36 bits per heavy atom. The van der Waals surface area contributed by atoms with Crippen molar-refractivity contribution >= 4 is 98.7 Å². The van der Waals surface area contributed by atoms with Gasteiger partial charge in [-0.2, -0.15) is 0 Å². The first-order valence-corrected chi connectivity index (χ1v) is 40.1. The van der Waals surface area contributed by atoms with Crippen molar-refractivity contribution in [2.75, 3.05) is 32.1 Å². The van der Waals surface area contributed by atoms with Crippen LogP contribution in [0.15, 0.2) is 134 Å². The van der Waals surface area contributed by atoms with Crippen molar-refractivity contribution in [3.63, 3.8) is 0 Å². The number of pyridine rings is 1. The van der Waals surface area contributed by atoms with E-state index in [9.17, 15) is 75.0 Å². The number of aliphatic carboxylic acids is 1. The summed E-state index contributed by atoms with van der Waals surface area (Å²) in [5, 5.41) is 142. The lowest BCUT2D eigenvalue weighted by atomic mass is 9.84. The Bertz CT molecular complexity index is 5370. The van der Waals surface area contributed by atoms with Crippen LogP contribution in [0.2, 0.25) is 15.1 Å². The number of aromatic nitrogens is 1. The number of phenolic OH excluding ortho intramolecular Hbond substituents is 3. The van der Waals surface area contributed by atoms with E-state index in [1.165, 1.54) is 19.2 Å². The van der Waals surface area contributed by atoms with Crippen LogP contribution in [0, 0.1) is 5.92 Å². The molecule has 123 heavy (non-hydrogen) atoms. The minimum absolute atomic E-state index is 0.112. The number of amides is 7. The smallest absolute Gasteiger partial charge is 0.330 e. The van der Waals surface area contributed by atoms with Gasteiger partial charge in [0.2, 0.25) is 53.4 Å². The van der Waals surface area contributed by atoms with Crippen molar-refractivity contribution in [3.05, 3.63) is 182 Å². The van der Waals surface area contributed by atoms with Gasteiger partial charge >= 0.3 is 5.97 Å². The van der Waals surface area contributed by atoms with E-state index in [1.54, 1.807) is 44.3 Å².